The number of carbonyl (C=O) groups excluding carboxylic acids is 4. The van der Waals surface area contributed by atoms with Crippen LogP contribution in [0, 0.1) is 0 Å². The lowest BCUT2D eigenvalue weighted by atomic mass is 10.0. The second-order valence-corrected chi connectivity index (χ2v) is 13.0. The molecule has 0 spiro atoms. The number of aromatic amines is 2. The maximum atomic E-state index is 12.5. The molecule has 7 rings (SSSR count). The standard InChI is InChI=1S/C44H38N4O8/c1-53-39(49)23-13-29-31-15-19-35(45-31)41(25-5-9-27(10-6-25)43(51)55-3)37-21-17-33(47-37)30(14-24-40(50)54-2)34-18-22-38(48-34)42(36-20-16-32(29)46-36)26-7-11-28(12-8-26)44(52)56-4/h5-12,15-22,45,48H,13-14,23-24H2,1-4H3. The highest BCUT2D eigenvalue weighted by Gasteiger charge is 2.19. The first kappa shape index (κ1) is 37.2. The number of hydrogen-bond acceptors (Lipinski definition) is 10. The minimum absolute atomic E-state index is 0.122. The molecule has 0 saturated heterocycles. The van der Waals surface area contributed by atoms with Crippen molar-refractivity contribution in [1.82, 2.24) is 19.9 Å². The summed E-state index contributed by atoms with van der Waals surface area (Å²) in [5.74, 6) is -1.61. The molecule has 2 N–H and O–H groups in total. The van der Waals surface area contributed by atoms with E-state index in [-0.39, 0.29) is 24.8 Å². The zero-order valence-corrected chi connectivity index (χ0v) is 31.2. The first-order valence-electron chi connectivity index (χ1n) is 17.9. The zero-order chi connectivity index (χ0) is 39.3. The molecule has 0 saturated carbocycles. The molecule has 2 aliphatic rings. The number of ether oxygens (including phenoxy) is 4. The van der Waals surface area contributed by atoms with Gasteiger partial charge in [-0.15, -0.1) is 0 Å². The average Bonchev–Trinajstić information content (AvgIpc) is 4.08. The van der Waals surface area contributed by atoms with E-state index in [1.54, 1.807) is 24.3 Å². The maximum absolute atomic E-state index is 12.5. The van der Waals surface area contributed by atoms with Crippen LogP contribution in [0.4, 0.5) is 0 Å². The molecule has 12 nitrogen and oxygen atoms in total. The zero-order valence-electron chi connectivity index (χ0n) is 31.2. The Hall–Kier alpha value is -7.08. The van der Waals surface area contributed by atoms with Crippen LogP contribution in [-0.2, 0) is 41.4 Å². The van der Waals surface area contributed by atoms with Crippen LogP contribution in [0.2, 0.25) is 0 Å². The van der Waals surface area contributed by atoms with E-state index in [1.807, 2.05) is 72.8 Å². The second kappa shape index (κ2) is 16.1. The molecule has 2 aliphatic heterocycles. The fraction of sp³-hybridized carbons (Fsp3) is 0.182. The van der Waals surface area contributed by atoms with Gasteiger partial charge in [0.1, 0.15) is 0 Å². The summed E-state index contributed by atoms with van der Waals surface area (Å²) in [5, 5.41) is 0. The summed E-state index contributed by atoms with van der Waals surface area (Å²) in [6, 6.07) is 22.0. The first-order chi connectivity index (χ1) is 27.2. The van der Waals surface area contributed by atoms with E-state index in [1.165, 1.54) is 28.4 Å². The molecule has 5 aromatic rings. The van der Waals surface area contributed by atoms with Crippen LogP contribution in [-0.4, -0.2) is 72.3 Å². The lowest BCUT2D eigenvalue weighted by Gasteiger charge is -2.07. The molecule has 0 aliphatic carbocycles. The minimum atomic E-state index is -0.449. The van der Waals surface area contributed by atoms with E-state index >= 15 is 0 Å². The van der Waals surface area contributed by atoms with Gasteiger partial charge in [0.25, 0.3) is 0 Å². The SMILES string of the molecule is COC(=O)CCc1c2nc(c(-c3ccc(C(=O)OC)cc3)c3ccc([nH]3)c(CCC(=O)OC)c3nc(c(-c4ccc(C(=O)OC)cc4)c4ccc1[nH]4)C=C3)C=C2. The number of aromatic nitrogens is 4. The Morgan fingerprint density at radius 2 is 0.821 bits per heavy atom. The average molecular weight is 751 g/mol. The van der Waals surface area contributed by atoms with Gasteiger partial charge in [0.2, 0.25) is 0 Å². The van der Waals surface area contributed by atoms with Crippen LogP contribution in [0.5, 0.6) is 0 Å². The number of rotatable bonds is 10. The predicted octanol–water partition coefficient (Wildman–Crippen LogP) is 7.77. The summed E-state index contributed by atoms with van der Waals surface area (Å²) in [4.78, 5) is 67.0. The predicted molar refractivity (Wildman–Crippen MR) is 213 cm³/mol. The topological polar surface area (TPSA) is 163 Å². The van der Waals surface area contributed by atoms with Crippen molar-refractivity contribution >= 4 is 70.2 Å². The summed E-state index contributed by atoms with van der Waals surface area (Å²) in [6.45, 7) is 0. The summed E-state index contributed by atoms with van der Waals surface area (Å²) in [7, 11) is 5.40. The molecule has 282 valence electrons. The number of fused-ring (bicyclic) bond motifs is 8. The van der Waals surface area contributed by atoms with Gasteiger partial charge in [-0.05, 0) is 96.8 Å². The van der Waals surface area contributed by atoms with Gasteiger partial charge >= 0.3 is 23.9 Å². The summed E-state index contributed by atoms with van der Waals surface area (Å²) >= 11 is 0. The number of hydrogen-bond donors (Lipinski definition) is 2. The van der Waals surface area contributed by atoms with E-state index < -0.39 is 11.9 Å². The Balaban J connectivity index is 1.57. The van der Waals surface area contributed by atoms with Crippen molar-refractivity contribution in [3.05, 3.63) is 118 Å². The van der Waals surface area contributed by atoms with Gasteiger partial charge in [-0.1, -0.05) is 24.3 Å². The van der Waals surface area contributed by atoms with E-state index in [0.29, 0.717) is 46.7 Å². The van der Waals surface area contributed by atoms with Gasteiger partial charge < -0.3 is 28.9 Å². The van der Waals surface area contributed by atoms with Crippen LogP contribution >= 0.6 is 0 Å². The molecule has 5 heterocycles. The van der Waals surface area contributed by atoms with Crippen LogP contribution in [0.15, 0.2) is 72.8 Å². The molecule has 3 aromatic heterocycles. The number of carbonyl (C=O) groups is 4. The Morgan fingerprint density at radius 1 is 0.464 bits per heavy atom. The van der Waals surface area contributed by atoms with Gasteiger partial charge in [-0.25, -0.2) is 19.6 Å². The van der Waals surface area contributed by atoms with Crippen LogP contribution in [0.25, 0.3) is 68.6 Å². The van der Waals surface area contributed by atoms with Gasteiger partial charge in [-0.3, -0.25) is 9.59 Å². The van der Waals surface area contributed by atoms with Crippen LogP contribution < -0.4 is 0 Å². The number of methoxy groups -OCH3 is 4. The molecule has 0 atom stereocenters. The summed E-state index contributed by atoms with van der Waals surface area (Å²) in [5.41, 5.74) is 11.1. The molecule has 0 unspecified atom stereocenters. The number of benzene rings is 2. The normalized spacial score (nSPS) is 11.6. The Morgan fingerprint density at radius 3 is 1.18 bits per heavy atom. The molecule has 2 aromatic carbocycles. The van der Waals surface area contributed by atoms with E-state index in [4.69, 9.17) is 28.9 Å². The quantitative estimate of drug-likeness (QED) is 0.104. The first-order valence-corrected chi connectivity index (χ1v) is 17.9. The third-order valence-electron chi connectivity index (χ3n) is 9.77. The van der Waals surface area contributed by atoms with Crippen molar-refractivity contribution in [3.63, 3.8) is 0 Å². The number of nitrogens with zero attached hydrogens (tertiary/aromatic N) is 2. The highest BCUT2D eigenvalue weighted by molar-refractivity contribution is 5.96. The molecule has 56 heavy (non-hydrogen) atoms. The third kappa shape index (κ3) is 7.49. The highest BCUT2D eigenvalue weighted by Crippen LogP contribution is 2.35. The van der Waals surface area contributed by atoms with Gasteiger partial charge in [-0.2, -0.15) is 0 Å². The molecule has 0 fully saturated rings. The van der Waals surface area contributed by atoms with Crippen molar-refractivity contribution in [2.24, 2.45) is 0 Å². The van der Waals surface area contributed by atoms with Crippen LogP contribution in [0.3, 0.4) is 0 Å². The number of H-pyrrole nitrogens is 2. The van der Waals surface area contributed by atoms with E-state index in [0.717, 1.165) is 55.4 Å². The highest BCUT2D eigenvalue weighted by atomic mass is 16.5. The Labute approximate surface area is 321 Å². The summed E-state index contributed by atoms with van der Waals surface area (Å²) in [6.07, 6.45) is 8.59. The fourth-order valence-corrected chi connectivity index (χ4v) is 6.90. The minimum Gasteiger partial charge on any atom is -0.469 e. The van der Waals surface area contributed by atoms with E-state index in [2.05, 4.69) is 9.97 Å². The van der Waals surface area contributed by atoms with Gasteiger partial charge in [0.15, 0.2) is 0 Å². The molecular formula is C44H38N4O8. The Bertz CT molecular complexity index is 2420. The number of esters is 4. The van der Waals surface area contributed by atoms with Crippen LogP contribution in [0.1, 0.15) is 67.5 Å². The maximum Gasteiger partial charge on any atom is 0.337 e. The smallest absolute Gasteiger partial charge is 0.337 e. The second-order valence-electron chi connectivity index (χ2n) is 13.0. The largest absolute Gasteiger partial charge is 0.469 e. The van der Waals surface area contributed by atoms with Crippen molar-refractivity contribution in [3.8, 4) is 22.3 Å². The lowest BCUT2D eigenvalue weighted by molar-refractivity contribution is -0.141. The van der Waals surface area contributed by atoms with Gasteiger partial charge in [0, 0.05) is 57.2 Å². The number of nitrogens with one attached hydrogen (secondary N) is 2. The molecule has 12 heteroatoms. The van der Waals surface area contributed by atoms with E-state index in [9.17, 15) is 19.2 Å². The monoisotopic (exact) mass is 750 g/mol. The van der Waals surface area contributed by atoms with Crippen molar-refractivity contribution < 1.29 is 38.1 Å². The molecule has 0 radical (unpaired) electrons. The number of aryl methyl sites for hydroxylation is 2. The third-order valence-corrected chi connectivity index (χ3v) is 9.77. The lowest BCUT2D eigenvalue weighted by Crippen LogP contribution is -2.03. The molecule has 0 amide bonds. The molecular weight excluding hydrogens is 713 g/mol. The summed E-state index contributed by atoms with van der Waals surface area (Å²) < 4.78 is 19.9. The Kier molecular flexibility index (Phi) is 10.7. The fourth-order valence-electron chi connectivity index (χ4n) is 6.90. The van der Waals surface area contributed by atoms with Crippen molar-refractivity contribution in [2.45, 2.75) is 25.7 Å². The van der Waals surface area contributed by atoms with Crippen molar-refractivity contribution in [2.75, 3.05) is 28.4 Å². The van der Waals surface area contributed by atoms with Crippen molar-refractivity contribution in [1.29, 1.82) is 0 Å². The van der Waals surface area contributed by atoms with Gasteiger partial charge in [0.05, 0.1) is 62.3 Å². The molecule has 8 bridgehead atoms.